The largest absolute Gasteiger partial charge is 0.460 e. The third-order valence-electron chi connectivity index (χ3n) is 4.31. The van der Waals surface area contributed by atoms with E-state index >= 15 is 0 Å². The van der Waals surface area contributed by atoms with Gasteiger partial charge in [0, 0.05) is 22.5 Å². The highest BCUT2D eigenvalue weighted by molar-refractivity contribution is 6.06. The highest BCUT2D eigenvalue weighted by Crippen LogP contribution is 2.23. The van der Waals surface area contributed by atoms with Crippen LogP contribution in [-0.4, -0.2) is 39.5 Å². The highest BCUT2D eigenvalue weighted by atomic mass is 16.5. The van der Waals surface area contributed by atoms with E-state index in [9.17, 15) is 9.59 Å². The summed E-state index contributed by atoms with van der Waals surface area (Å²) in [5.74, 6) is -0.802. The summed E-state index contributed by atoms with van der Waals surface area (Å²) in [4.78, 5) is 28.8. The van der Waals surface area contributed by atoms with Crippen molar-refractivity contribution < 1.29 is 19.4 Å². The molecule has 0 aliphatic rings. The van der Waals surface area contributed by atoms with Crippen LogP contribution in [0, 0.1) is 0 Å². The van der Waals surface area contributed by atoms with Crippen LogP contribution in [0.15, 0.2) is 73.1 Å². The fourth-order valence-corrected chi connectivity index (χ4v) is 2.75. The number of aromatic amines is 1. The number of nitrogens with two attached hydrogens (primary N) is 1. The number of hydrogen-bond donors (Lipinski definition) is 3. The van der Waals surface area contributed by atoms with Crippen LogP contribution in [-0.2, 0) is 20.9 Å². The third kappa shape index (κ3) is 5.04. The fourth-order valence-electron chi connectivity index (χ4n) is 2.75. The van der Waals surface area contributed by atoms with Crippen molar-refractivity contribution in [2.45, 2.75) is 18.8 Å². The Morgan fingerprint density at radius 2 is 1.76 bits per heavy atom. The molecule has 0 saturated heterocycles. The van der Waals surface area contributed by atoms with Crippen molar-refractivity contribution in [3.8, 4) is 0 Å². The van der Waals surface area contributed by atoms with Crippen molar-refractivity contribution in [3.05, 3.63) is 78.6 Å². The van der Waals surface area contributed by atoms with Crippen molar-refractivity contribution >= 4 is 34.1 Å². The van der Waals surface area contributed by atoms with Crippen molar-refractivity contribution in [2.75, 3.05) is 0 Å². The van der Waals surface area contributed by atoms with Gasteiger partial charge < -0.3 is 25.4 Å². The number of nitrogens with one attached hydrogen (secondary N) is 1. The summed E-state index contributed by atoms with van der Waals surface area (Å²) in [6.45, 7) is 0.0684. The lowest BCUT2D eigenvalue weighted by Gasteiger charge is -2.12. The number of para-hydroxylation sites is 1. The Labute approximate surface area is 167 Å². The normalized spacial score (nSPS) is 12.6. The van der Waals surface area contributed by atoms with Gasteiger partial charge in [0.1, 0.15) is 18.8 Å². The Kier molecular flexibility index (Phi) is 6.67. The van der Waals surface area contributed by atoms with Gasteiger partial charge in [-0.2, -0.15) is 0 Å². The van der Waals surface area contributed by atoms with Gasteiger partial charge in [0.25, 0.3) is 0 Å². The van der Waals surface area contributed by atoms with Gasteiger partial charge in [0.15, 0.2) is 6.29 Å². The number of benzene rings is 2. The lowest BCUT2D eigenvalue weighted by atomic mass is 10.2. The lowest BCUT2D eigenvalue weighted by molar-refractivity contribution is -0.150. The van der Waals surface area contributed by atoms with Crippen LogP contribution in [0.2, 0.25) is 0 Å². The summed E-state index contributed by atoms with van der Waals surface area (Å²) >= 11 is 0. The van der Waals surface area contributed by atoms with Gasteiger partial charge in [0.05, 0.1) is 11.7 Å². The number of ether oxygens (including phenoxy) is 1. The monoisotopic (exact) mass is 391 g/mol. The third-order valence-corrected chi connectivity index (χ3v) is 4.31. The Morgan fingerprint density at radius 1 is 1.07 bits per heavy atom. The molecular formula is C22H21N3O4. The van der Waals surface area contributed by atoms with Crippen LogP contribution >= 0.6 is 0 Å². The van der Waals surface area contributed by atoms with E-state index in [1.807, 2.05) is 42.7 Å². The van der Waals surface area contributed by atoms with Crippen LogP contribution in [0.5, 0.6) is 0 Å². The molecule has 148 valence electrons. The smallest absolute Gasteiger partial charge is 0.326 e. The number of carbonyl (C=O) groups excluding carboxylic acids is 2. The molecule has 2 unspecified atom stereocenters. The first kappa shape index (κ1) is 20.2. The van der Waals surface area contributed by atoms with Gasteiger partial charge in [-0.15, -0.1) is 0 Å². The molecule has 0 radical (unpaired) electrons. The Morgan fingerprint density at radius 3 is 2.52 bits per heavy atom. The Balaban J connectivity index is 0.000000168. The molecule has 2 heterocycles. The summed E-state index contributed by atoms with van der Waals surface area (Å²) in [7, 11) is 0. The number of pyridine rings is 1. The van der Waals surface area contributed by atoms with E-state index < -0.39 is 18.1 Å². The molecule has 4 N–H and O–H groups in total. The minimum Gasteiger partial charge on any atom is -0.460 e. The molecule has 7 nitrogen and oxygen atoms in total. The summed E-state index contributed by atoms with van der Waals surface area (Å²) in [6, 6.07) is 18.0. The molecule has 0 spiro atoms. The maximum Gasteiger partial charge on any atom is 0.326 e. The summed E-state index contributed by atoms with van der Waals surface area (Å²) in [5, 5.41) is 11.5. The van der Waals surface area contributed by atoms with Gasteiger partial charge in [-0.25, -0.2) is 0 Å². The molecule has 0 aliphatic carbocycles. The number of hydrogen-bond acceptors (Lipinski definition) is 6. The van der Waals surface area contributed by atoms with Crippen LogP contribution in [0.3, 0.4) is 0 Å². The van der Waals surface area contributed by atoms with E-state index in [-0.39, 0.29) is 12.9 Å². The molecule has 4 aromatic rings. The van der Waals surface area contributed by atoms with Gasteiger partial charge in [0.2, 0.25) is 0 Å². The van der Waals surface area contributed by atoms with E-state index in [1.54, 1.807) is 12.1 Å². The number of esters is 1. The zero-order chi connectivity index (χ0) is 20.6. The van der Waals surface area contributed by atoms with E-state index in [2.05, 4.69) is 28.2 Å². The zero-order valence-corrected chi connectivity index (χ0v) is 15.6. The molecule has 0 saturated carbocycles. The number of aldehydes is 1. The first-order chi connectivity index (χ1) is 14.1. The number of fused-ring (bicyclic) bond motifs is 3. The molecular weight excluding hydrogens is 370 g/mol. The maximum atomic E-state index is 11.3. The van der Waals surface area contributed by atoms with Crippen LogP contribution in [0.1, 0.15) is 5.56 Å². The van der Waals surface area contributed by atoms with Crippen LogP contribution in [0.4, 0.5) is 0 Å². The van der Waals surface area contributed by atoms with Crippen molar-refractivity contribution in [1.29, 1.82) is 0 Å². The lowest BCUT2D eigenvalue weighted by Crippen LogP contribution is -2.43. The summed E-state index contributed by atoms with van der Waals surface area (Å²) in [6.07, 6.45) is 2.36. The molecule has 0 aliphatic heterocycles. The molecule has 2 aromatic heterocycles. The number of carbonyl (C=O) groups is 2. The Bertz CT molecular complexity index is 1040. The summed E-state index contributed by atoms with van der Waals surface area (Å²) < 4.78 is 4.83. The fraction of sp³-hybridized carbons (Fsp3) is 0.136. The SMILES string of the molecule is NC(C(=O)OCc1ccccc1)C(O)C=O.c1ccc2c(c1)[nH]c1cnccc12. The summed E-state index contributed by atoms with van der Waals surface area (Å²) in [5.41, 5.74) is 8.36. The van der Waals surface area contributed by atoms with E-state index in [4.69, 9.17) is 15.6 Å². The van der Waals surface area contributed by atoms with Crippen molar-refractivity contribution in [2.24, 2.45) is 5.73 Å². The predicted octanol–water partition coefficient (Wildman–Crippen LogP) is 2.33. The number of aliphatic hydroxyl groups excluding tert-OH is 1. The minimum atomic E-state index is -1.52. The van der Waals surface area contributed by atoms with Crippen molar-refractivity contribution in [3.63, 3.8) is 0 Å². The second-order valence-electron chi connectivity index (χ2n) is 6.34. The van der Waals surface area contributed by atoms with E-state index in [0.29, 0.717) is 0 Å². The van der Waals surface area contributed by atoms with E-state index in [0.717, 1.165) is 11.1 Å². The van der Waals surface area contributed by atoms with Crippen molar-refractivity contribution in [1.82, 2.24) is 9.97 Å². The molecule has 0 bridgehead atoms. The topological polar surface area (TPSA) is 118 Å². The van der Waals surface area contributed by atoms with Gasteiger partial charge in [-0.3, -0.25) is 9.78 Å². The molecule has 4 rings (SSSR count). The minimum absolute atomic E-state index is 0.0684. The molecule has 2 aromatic carbocycles. The molecule has 2 atom stereocenters. The molecule has 7 heteroatoms. The number of aliphatic hydroxyl groups is 1. The average Bonchev–Trinajstić information content (AvgIpc) is 3.16. The first-order valence-electron chi connectivity index (χ1n) is 9.00. The van der Waals surface area contributed by atoms with Crippen LogP contribution in [0.25, 0.3) is 21.8 Å². The van der Waals surface area contributed by atoms with Gasteiger partial charge in [-0.05, 0) is 17.7 Å². The van der Waals surface area contributed by atoms with E-state index in [1.165, 1.54) is 16.3 Å². The quantitative estimate of drug-likeness (QED) is 0.355. The average molecular weight is 391 g/mol. The molecule has 0 fully saturated rings. The molecule has 29 heavy (non-hydrogen) atoms. The number of rotatable bonds is 5. The van der Waals surface area contributed by atoms with Gasteiger partial charge in [-0.1, -0.05) is 48.5 Å². The van der Waals surface area contributed by atoms with Crippen LogP contribution < -0.4 is 5.73 Å². The number of aromatic nitrogens is 2. The highest BCUT2D eigenvalue weighted by Gasteiger charge is 2.23. The maximum absolute atomic E-state index is 11.3. The first-order valence-corrected chi connectivity index (χ1v) is 9.00. The van der Waals surface area contributed by atoms with Gasteiger partial charge >= 0.3 is 5.97 Å². The number of H-pyrrole nitrogens is 1. The molecule has 0 amide bonds. The number of nitrogens with zero attached hydrogens (tertiary/aromatic N) is 1. The zero-order valence-electron chi connectivity index (χ0n) is 15.6. The second-order valence-corrected chi connectivity index (χ2v) is 6.34. The standard InChI is InChI=1S/C11H8N2.C11H13NO4/c1-2-4-10-8(3-1)9-5-6-12-7-11(9)13-10;12-10(9(14)6-13)11(15)16-7-8-4-2-1-3-5-8/h1-7,13H;1-6,9-10,14H,7,12H2. The predicted molar refractivity (Wildman–Crippen MR) is 110 cm³/mol. The Hall–Kier alpha value is -3.55. The second kappa shape index (κ2) is 9.59.